The van der Waals surface area contributed by atoms with E-state index < -0.39 is 0 Å². The number of piperidine rings is 1. The van der Waals surface area contributed by atoms with Crippen LogP contribution in [0.2, 0.25) is 0 Å². The second-order valence-corrected chi connectivity index (χ2v) is 7.54. The number of rotatable bonds is 2. The molecule has 3 rings (SSSR count). The minimum absolute atomic E-state index is 0.448. The second-order valence-electron chi connectivity index (χ2n) is 7.54. The molecule has 0 aliphatic carbocycles. The lowest BCUT2D eigenvalue weighted by Crippen LogP contribution is -2.37. The fraction of sp³-hybridized carbons (Fsp3) is 0.429. The van der Waals surface area contributed by atoms with Crippen molar-refractivity contribution >= 4 is 5.69 Å². The minimum atomic E-state index is 0.448. The van der Waals surface area contributed by atoms with Crippen LogP contribution in [0.5, 0.6) is 0 Å². The average Bonchev–Trinajstić information content (AvgIpc) is 2.55. The number of hydrogen-bond acceptors (Lipinski definition) is 1. The number of hydrogen-bond donors (Lipinski definition) is 0. The Balaban J connectivity index is 1.67. The van der Waals surface area contributed by atoms with Gasteiger partial charge in [0, 0.05) is 18.8 Å². The van der Waals surface area contributed by atoms with Crippen LogP contribution in [-0.4, -0.2) is 13.1 Å². The molecule has 0 spiro atoms. The van der Waals surface area contributed by atoms with Gasteiger partial charge in [0.1, 0.15) is 0 Å². The largest absolute Gasteiger partial charge is 0.372 e. The van der Waals surface area contributed by atoms with E-state index in [1.54, 1.807) is 0 Å². The summed E-state index contributed by atoms with van der Waals surface area (Å²) in [5.74, 6) is 0.854. The van der Waals surface area contributed by atoms with Crippen LogP contribution >= 0.6 is 0 Å². The van der Waals surface area contributed by atoms with Crippen LogP contribution in [0.15, 0.2) is 54.6 Å². The number of anilines is 1. The molecule has 0 radical (unpaired) electrons. The summed E-state index contributed by atoms with van der Waals surface area (Å²) in [6.07, 6.45) is 2.62. The highest BCUT2D eigenvalue weighted by molar-refractivity contribution is 5.66. The number of nitrogens with zero attached hydrogens (tertiary/aromatic N) is 1. The van der Waals surface area contributed by atoms with E-state index in [-0.39, 0.29) is 0 Å². The molecule has 1 aliphatic heterocycles. The van der Waals surface area contributed by atoms with E-state index in [9.17, 15) is 0 Å². The monoisotopic (exact) mass is 293 g/mol. The van der Waals surface area contributed by atoms with Gasteiger partial charge in [0.05, 0.1) is 0 Å². The van der Waals surface area contributed by atoms with Gasteiger partial charge in [0.15, 0.2) is 0 Å². The Bertz CT molecular complexity index is 584. The Kier molecular flexibility index (Phi) is 4.24. The normalized spacial score (nSPS) is 16.8. The second kappa shape index (κ2) is 6.16. The van der Waals surface area contributed by atoms with E-state index in [0.717, 1.165) is 5.92 Å². The molecule has 2 aromatic rings. The minimum Gasteiger partial charge on any atom is -0.372 e. The van der Waals surface area contributed by atoms with Crippen molar-refractivity contribution in [3.05, 3.63) is 54.6 Å². The van der Waals surface area contributed by atoms with Crippen molar-refractivity contribution in [3.8, 4) is 11.1 Å². The maximum Gasteiger partial charge on any atom is 0.0366 e. The van der Waals surface area contributed by atoms with Crippen molar-refractivity contribution < 1.29 is 0 Å². The Labute approximate surface area is 135 Å². The van der Waals surface area contributed by atoms with E-state index in [1.807, 2.05) is 0 Å². The summed E-state index contributed by atoms with van der Waals surface area (Å²) in [5.41, 5.74) is 4.41. The topological polar surface area (TPSA) is 3.24 Å². The van der Waals surface area contributed by atoms with Crippen molar-refractivity contribution in [3.63, 3.8) is 0 Å². The zero-order chi connectivity index (χ0) is 15.6. The lowest BCUT2D eigenvalue weighted by atomic mass is 9.75. The SMILES string of the molecule is CC(C)(C)C1CCN(c2ccc(-c3ccccc3)cc2)CC1. The van der Waals surface area contributed by atoms with Crippen LogP contribution in [0.1, 0.15) is 33.6 Å². The number of benzene rings is 2. The van der Waals surface area contributed by atoms with Gasteiger partial charge < -0.3 is 4.90 Å². The molecule has 0 N–H and O–H groups in total. The molecule has 0 atom stereocenters. The molecule has 1 saturated heterocycles. The summed E-state index contributed by atoms with van der Waals surface area (Å²) in [4.78, 5) is 2.54. The highest BCUT2D eigenvalue weighted by Gasteiger charge is 2.28. The first-order valence-corrected chi connectivity index (χ1v) is 8.44. The first-order valence-electron chi connectivity index (χ1n) is 8.44. The first kappa shape index (κ1) is 15.1. The Morgan fingerprint density at radius 3 is 1.86 bits per heavy atom. The van der Waals surface area contributed by atoms with E-state index in [4.69, 9.17) is 0 Å². The Hall–Kier alpha value is -1.76. The highest BCUT2D eigenvalue weighted by atomic mass is 15.1. The molecule has 1 aliphatic rings. The first-order chi connectivity index (χ1) is 10.5. The van der Waals surface area contributed by atoms with Crippen molar-refractivity contribution in [1.29, 1.82) is 0 Å². The molecular formula is C21H27N. The van der Waals surface area contributed by atoms with Gasteiger partial charge in [-0.05, 0) is 47.4 Å². The molecule has 0 unspecified atom stereocenters. The summed E-state index contributed by atoms with van der Waals surface area (Å²) in [6, 6.07) is 19.7. The third-order valence-corrected chi connectivity index (χ3v) is 5.06. The van der Waals surface area contributed by atoms with Gasteiger partial charge in [-0.25, -0.2) is 0 Å². The summed E-state index contributed by atoms with van der Waals surface area (Å²) < 4.78 is 0. The molecule has 0 saturated carbocycles. The van der Waals surface area contributed by atoms with Crippen LogP contribution in [0.4, 0.5) is 5.69 Å². The molecule has 2 aromatic carbocycles. The Morgan fingerprint density at radius 2 is 1.32 bits per heavy atom. The van der Waals surface area contributed by atoms with Crippen molar-refractivity contribution in [2.24, 2.45) is 11.3 Å². The van der Waals surface area contributed by atoms with E-state index in [0.29, 0.717) is 5.41 Å². The van der Waals surface area contributed by atoms with Crippen LogP contribution in [0, 0.1) is 11.3 Å². The third-order valence-electron chi connectivity index (χ3n) is 5.06. The average molecular weight is 293 g/mol. The quantitative estimate of drug-likeness (QED) is 0.695. The van der Waals surface area contributed by atoms with Gasteiger partial charge in [-0.3, -0.25) is 0 Å². The van der Waals surface area contributed by atoms with Crippen LogP contribution in [0.3, 0.4) is 0 Å². The fourth-order valence-electron chi connectivity index (χ4n) is 3.50. The lowest BCUT2D eigenvalue weighted by Gasteiger charge is -2.39. The summed E-state index contributed by atoms with van der Waals surface area (Å²) in [5, 5.41) is 0. The molecule has 0 amide bonds. The van der Waals surface area contributed by atoms with E-state index in [1.165, 1.54) is 42.7 Å². The molecule has 1 heterocycles. The van der Waals surface area contributed by atoms with Gasteiger partial charge >= 0.3 is 0 Å². The van der Waals surface area contributed by atoms with Crippen LogP contribution in [0.25, 0.3) is 11.1 Å². The van der Waals surface area contributed by atoms with E-state index >= 15 is 0 Å². The van der Waals surface area contributed by atoms with Gasteiger partial charge in [-0.15, -0.1) is 0 Å². The molecule has 0 bridgehead atoms. The summed E-state index contributed by atoms with van der Waals surface area (Å²) >= 11 is 0. The molecule has 1 heteroatoms. The maximum atomic E-state index is 2.54. The predicted octanol–water partition coefficient (Wildman–Crippen LogP) is 5.62. The van der Waals surface area contributed by atoms with Crippen molar-refractivity contribution in [2.45, 2.75) is 33.6 Å². The smallest absolute Gasteiger partial charge is 0.0366 e. The molecule has 1 fully saturated rings. The van der Waals surface area contributed by atoms with Crippen molar-refractivity contribution in [1.82, 2.24) is 0 Å². The maximum absolute atomic E-state index is 2.54. The lowest BCUT2D eigenvalue weighted by molar-refractivity contribution is 0.199. The van der Waals surface area contributed by atoms with Crippen LogP contribution in [-0.2, 0) is 0 Å². The summed E-state index contributed by atoms with van der Waals surface area (Å²) in [7, 11) is 0. The van der Waals surface area contributed by atoms with Gasteiger partial charge in [-0.2, -0.15) is 0 Å². The van der Waals surface area contributed by atoms with Gasteiger partial charge in [0.2, 0.25) is 0 Å². The van der Waals surface area contributed by atoms with Crippen molar-refractivity contribution in [2.75, 3.05) is 18.0 Å². The third kappa shape index (κ3) is 3.35. The standard InChI is InChI=1S/C21H27N/c1-21(2,3)19-13-15-22(16-14-19)20-11-9-18(10-12-20)17-7-5-4-6-8-17/h4-12,19H,13-16H2,1-3H3. The highest BCUT2D eigenvalue weighted by Crippen LogP contribution is 2.35. The van der Waals surface area contributed by atoms with Gasteiger partial charge in [0.25, 0.3) is 0 Å². The molecule has 0 aromatic heterocycles. The molecular weight excluding hydrogens is 266 g/mol. The fourth-order valence-corrected chi connectivity index (χ4v) is 3.50. The van der Waals surface area contributed by atoms with Crippen LogP contribution < -0.4 is 4.90 Å². The molecule has 116 valence electrons. The predicted molar refractivity (Wildman–Crippen MR) is 96.3 cm³/mol. The van der Waals surface area contributed by atoms with Gasteiger partial charge in [-0.1, -0.05) is 63.2 Å². The summed E-state index contributed by atoms with van der Waals surface area (Å²) in [6.45, 7) is 9.51. The molecule has 22 heavy (non-hydrogen) atoms. The zero-order valence-electron chi connectivity index (χ0n) is 14.0. The zero-order valence-corrected chi connectivity index (χ0v) is 14.0. The van der Waals surface area contributed by atoms with E-state index in [2.05, 4.69) is 80.3 Å². The molecule has 1 nitrogen and oxygen atoms in total. The Morgan fingerprint density at radius 1 is 0.773 bits per heavy atom.